The number of nitrogens with zero attached hydrogens (tertiary/aromatic N) is 1. The van der Waals surface area contributed by atoms with Gasteiger partial charge in [-0.3, -0.25) is 4.79 Å². The number of aliphatic carboxylic acids is 1. The first kappa shape index (κ1) is 16.8. The molecule has 1 aromatic heterocycles. The Morgan fingerprint density at radius 2 is 2.14 bits per heavy atom. The number of anilines is 1. The summed E-state index contributed by atoms with van der Waals surface area (Å²) in [6.45, 7) is 2.96. The van der Waals surface area contributed by atoms with Crippen molar-refractivity contribution in [2.45, 2.75) is 19.0 Å². The highest BCUT2D eigenvalue weighted by Crippen LogP contribution is 2.39. The summed E-state index contributed by atoms with van der Waals surface area (Å²) in [6.07, 6.45) is -3.23. The summed E-state index contributed by atoms with van der Waals surface area (Å²) in [5.74, 6) is -2.47. The number of hydrogen-bond acceptors (Lipinski definition) is 4. The molecule has 2 fully saturated rings. The molecule has 9 heteroatoms. The molecule has 2 aliphatic heterocycles. The molecule has 0 radical (unpaired) electrons. The number of rotatable bonds is 1. The Balaban J connectivity index is 0.000000217. The van der Waals surface area contributed by atoms with Crippen LogP contribution in [0.15, 0.2) is 16.8 Å². The minimum Gasteiger partial charge on any atom is -0.475 e. The van der Waals surface area contributed by atoms with Gasteiger partial charge in [-0.25, -0.2) is 4.79 Å². The molecule has 2 N–H and O–H groups in total. The first-order valence-corrected chi connectivity index (χ1v) is 7.51. The number of carboxylic acid groups (broad SMARTS) is 1. The van der Waals surface area contributed by atoms with E-state index in [1.807, 2.05) is 16.3 Å². The number of nitrogens with one attached hydrogen (secondary N) is 1. The van der Waals surface area contributed by atoms with E-state index in [4.69, 9.17) is 9.90 Å². The quantitative estimate of drug-likeness (QED) is 0.824. The third-order valence-corrected chi connectivity index (χ3v) is 4.38. The van der Waals surface area contributed by atoms with Gasteiger partial charge in [0, 0.05) is 30.3 Å². The summed E-state index contributed by atoms with van der Waals surface area (Å²) in [5.41, 5.74) is 1.30. The molecule has 0 aliphatic carbocycles. The highest BCUT2D eigenvalue weighted by Gasteiger charge is 2.45. The fraction of sp³-hybridized carbons (Fsp3) is 0.538. The lowest BCUT2D eigenvalue weighted by molar-refractivity contribution is -0.192. The summed E-state index contributed by atoms with van der Waals surface area (Å²) >= 11 is 1.65. The molecular weight excluding hydrogens is 321 g/mol. The van der Waals surface area contributed by atoms with E-state index >= 15 is 0 Å². The summed E-state index contributed by atoms with van der Waals surface area (Å²) in [4.78, 5) is 22.8. The van der Waals surface area contributed by atoms with Crippen LogP contribution in [0.3, 0.4) is 0 Å². The maximum Gasteiger partial charge on any atom is 0.490 e. The van der Waals surface area contributed by atoms with Crippen molar-refractivity contribution in [3.05, 3.63) is 16.8 Å². The molecule has 1 amide bonds. The average molecular weight is 336 g/mol. The van der Waals surface area contributed by atoms with Gasteiger partial charge >= 0.3 is 12.1 Å². The summed E-state index contributed by atoms with van der Waals surface area (Å²) in [5, 5.41) is 14.6. The summed E-state index contributed by atoms with van der Waals surface area (Å²) in [7, 11) is 0. The predicted molar refractivity (Wildman–Crippen MR) is 74.9 cm³/mol. The largest absolute Gasteiger partial charge is 0.490 e. The Morgan fingerprint density at radius 3 is 2.59 bits per heavy atom. The molecule has 2 saturated heterocycles. The van der Waals surface area contributed by atoms with Crippen molar-refractivity contribution in [3.8, 4) is 0 Å². The van der Waals surface area contributed by atoms with Crippen LogP contribution in [-0.4, -0.2) is 42.8 Å². The fourth-order valence-corrected chi connectivity index (χ4v) is 3.27. The molecule has 22 heavy (non-hydrogen) atoms. The number of carbonyl (C=O) groups excluding carboxylic acids is 1. The van der Waals surface area contributed by atoms with Crippen molar-refractivity contribution >= 4 is 28.9 Å². The van der Waals surface area contributed by atoms with E-state index in [0.29, 0.717) is 0 Å². The molecule has 5 nitrogen and oxygen atoms in total. The third-order valence-electron chi connectivity index (χ3n) is 3.71. The van der Waals surface area contributed by atoms with Crippen LogP contribution in [0, 0.1) is 5.41 Å². The Morgan fingerprint density at radius 1 is 1.45 bits per heavy atom. The van der Waals surface area contributed by atoms with Crippen LogP contribution in [-0.2, 0) is 9.59 Å². The number of carboxylic acids is 1. The molecule has 3 heterocycles. The van der Waals surface area contributed by atoms with E-state index in [-0.39, 0.29) is 11.3 Å². The van der Waals surface area contributed by atoms with Crippen molar-refractivity contribution in [2.24, 2.45) is 5.41 Å². The third kappa shape index (κ3) is 3.77. The van der Waals surface area contributed by atoms with E-state index in [1.54, 1.807) is 11.3 Å². The van der Waals surface area contributed by atoms with Crippen LogP contribution in [0.2, 0.25) is 0 Å². The molecular formula is C13H15F3N2O3S. The number of amides is 1. The molecule has 1 unspecified atom stereocenters. The Hall–Kier alpha value is -1.61. The van der Waals surface area contributed by atoms with Gasteiger partial charge in [0.25, 0.3) is 0 Å². The normalized spacial score (nSPS) is 24.5. The van der Waals surface area contributed by atoms with E-state index in [2.05, 4.69) is 10.7 Å². The first-order valence-electron chi connectivity index (χ1n) is 6.57. The van der Waals surface area contributed by atoms with Crippen molar-refractivity contribution in [2.75, 3.05) is 24.5 Å². The molecule has 0 aromatic carbocycles. The Kier molecular flexibility index (Phi) is 4.76. The van der Waals surface area contributed by atoms with E-state index in [1.165, 1.54) is 0 Å². The van der Waals surface area contributed by atoms with Crippen LogP contribution >= 0.6 is 11.3 Å². The van der Waals surface area contributed by atoms with Gasteiger partial charge in [0.2, 0.25) is 5.91 Å². The number of alkyl halides is 3. The minimum atomic E-state index is -5.08. The lowest BCUT2D eigenvalue weighted by Gasteiger charge is -2.21. The van der Waals surface area contributed by atoms with Crippen molar-refractivity contribution in [3.63, 3.8) is 0 Å². The second-order valence-corrected chi connectivity index (χ2v) is 6.15. The molecule has 0 saturated carbocycles. The van der Waals surface area contributed by atoms with E-state index < -0.39 is 12.1 Å². The van der Waals surface area contributed by atoms with Crippen molar-refractivity contribution < 1.29 is 27.9 Å². The molecule has 0 bridgehead atoms. The summed E-state index contributed by atoms with van der Waals surface area (Å²) < 4.78 is 31.7. The number of thiophene rings is 1. The standard InChI is InChI=1S/C11H14N2OS.C2HF3O2/c14-10-5-11(2-3-12-7-11)8-13(10)9-1-4-15-6-9;3-2(4,5)1(6)7/h1,4,6,12H,2-3,5,7-8H2;(H,6,7). The van der Waals surface area contributed by atoms with Gasteiger partial charge in [-0.1, -0.05) is 0 Å². The molecule has 1 atom stereocenters. The monoisotopic (exact) mass is 336 g/mol. The Labute approximate surface area is 128 Å². The van der Waals surface area contributed by atoms with Gasteiger partial charge in [0.15, 0.2) is 0 Å². The smallest absolute Gasteiger partial charge is 0.475 e. The number of carbonyl (C=O) groups is 2. The maximum atomic E-state index is 11.9. The zero-order valence-corrected chi connectivity index (χ0v) is 12.3. The number of halogens is 3. The fourth-order valence-electron chi connectivity index (χ4n) is 2.62. The molecule has 2 aliphatic rings. The van der Waals surface area contributed by atoms with Crippen molar-refractivity contribution in [1.29, 1.82) is 0 Å². The SMILES string of the molecule is O=C(O)C(F)(F)F.O=C1CC2(CCNC2)CN1c1ccsc1. The molecule has 122 valence electrons. The van der Waals surface area contributed by atoms with Crippen LogP contribution in [0.25, 0.3) is 0 Å². The lowest BCUT2D eigenvalue weighted by atomic mass is 9.86. The van der Waals surface area contributed by atoms with Crippen LogP contribution < -0.4 is 10.2 Å². The zero-order valence-electron chi connectivity index (χ0n) is 11.5. The van der Waals surface area contributed by atoms with Crippen LogP contribution in [0.4, 0.5) is 18.9 Å². The second-order valence-electron chi connectivity index (χ2n) is 5.37. The zero-order chi connectivity index (χ0) is 16.4. The van der Waals surface area contributed by atoms with Gasteiger partial charge in [-0.15, -0.1) is 0 Å². The maximum absolute atomic E-state index is 11.9. The van der Waals surface area contributed by atoms with Crippen LogP contribution in [0.5, 0.6) is 0 Å². The first-order chi connectivity index (χ1) is 10.2. The minimum absolute atomic E-state index is 0.221. The lowest BCUT2D eigenvalue weighted by Crippen LogP contribution is -2.29. The van der Waals surface area contributed by atoms with Crippen LogP contribution in [0.1, 0.15) is 12.8 Å². The second kappa shape index (κ2) is 6.25. The highest BCUT2D eigenvalue weighted by molar-refractivity contribution is 7.08. The van der Waals surface area contributed by atoms with Gasteiger partial charge in [0.1, 0.15) is 0 Å². The Bertz CT molecular complexity index is 539. The molecule has 3 rings (SSSR count). The average Bonchev–Trinajstić information content (AvgIpc) is 3.12. The van der Waals surface area contributed by atoms with Gasteiger partial charge in [-0.2, -0.15) is 24.5 Å². The summed E-state index contributed by atoms with van der Waals surface area (Å²) in [6, 6.07) is 2.03. The molecule has 1 aromatic rings. The van der Waals surface area contributed by atoms with Gasteiger partial charge < -0.3 is 15.3 Å². The number of hydrogen-bond donors (Lipinski definition) is 2. The highest BCUT2D eigenvalue weighted by atomic mass is 32.1. The predicted octanol–water partition coefficient (Wildman–Crippen LogP) is 2.10. The topological polar surface area (TPSA) is 69.6 Å². The van der Waals surface area contributed by atoms with Crippen molar-refractivity contribution in [1.82, 2.24) is 5.32 Å². The molecule has 1 spiro atoms. The van der Waals surface area contributed by atoms with E-state index in [9.17, 15) is 18.0 Å². The van der Waals surface area contributed by atoms with Gasteiger partial charge in [0.05, 0.1) is 5.69 Å². The van der Waals surface area contributed by atoms with E-state index in [0.717, 1.165) is 38.2 Å². The van der Waals surface area contributed by atoms with Gasteiger partial charge in [-0.05, 0) is 24.4 Å².